The van der Waals surface area contributed by atoms with Gasteiger partial charge in [0.15, 0.2) is 0 Å². The highest BCUT2D eigenvalue weighted by Crippen LogP contribution is 2.24. The number of hydrogen-bond acceptors (Lipinski definition) is 5. The number of non-ortho nitro benzene ring substituents is 1. The molecule has 0 aliphatic carbocycles. The van der Waals surface area contributed by atoms with Crippen molar-refractivity contribution in [3.8, 4) is 0 Å². The van der Waals surface area contributed by atoms with Crippen molar-refractivity contribution in [1.29, 1.82) is 0 Å². The van der Waals surface area contributed by atoms with Gasteiger partial charge in [0.1, 0.15) is 0 Å². The quantitative estimate of drug-likeness (QED) is 0.380. The maximum Gasteiger partial charge on any atom is 0.338 e. The van der Waals surface area contributed by atoms with Crippen LogP contribution in [0, 0.1) is 17.0 Å². The number of benzene rings is 1. The molecule has 0 saturated carbocycles. The lowest BCUT2D eigenvalue weighted by Crippen LogP contribution is -2.07. The average Bonchev–Trinajstić information content (AvgIpc) is 2.36. The first-order valence-corrected chi connectivity index (χ1v) is 5.21. The summed E-state index contributed by atoms with van der Waals surface area (Å²) in [4.78, 5) is 32.4. The third kappa shape index (κ3) is 3.38. The number of hydrogen-bond donors (Lipinski definition) is 1. The van der Waals surface area contributed by atoms with Crippen LogP contribution in [-0.4, -0.2) is 23.9 Å². The number of primary amides is 1. The zero-order valence-electron chi connectivity index (χ0n) is 10.4. The number of amides is 1. The Kier molecular flexibility index (Phi) is 4.36. The van der Waals surface area contributed by atoms with Gasteiger partial charge in [-0.25, -0.2) is 4.79 Å². The van der Waals surface area contributed by atoms with E-state index in [4.69, 9.17) is 5.73 Å². The number of methoxy groups -OCH3 is 1. The normalized spacial score (nSPS) is 10.4. The van der Waals surface area contributed by atoms with Crippen LogP contribution < -0.4 is 5.73 Å². The van der Waals surface area contributed by atoms with E-state index in [0.29, 0.717) is 11.1 Å². The van der Waals surface area contributed by atoms with Crippen LogP contribution in [0.2, 0.25) is 0 Å². The molecule has 0 aromatic heterocycles. The summed E-state index contributed by atoms with van der Waals surface area (Å²) < 4.78 is 4.56. The molecule has 100 valence electrons. The van der Waals surface area contributed by atoms with Crippen molar-refractivity contribution >= 4 is 23.6 Å². The zero-order chi connectivity index (χ0) is 14.6. The highest BCUT2D eigenvalue weighted by atomic mass is 16.6. The van der Waals surface area contributed by atoms with E-state index >= 15 is 0 Å². The molecule has 0 saturated heterocycles. The predicted octanol–water partition coefficient (Wildman–Crippen LogP) is 1.19. The maximum absolute atomic E-state index is 11.5. The predicted molar refractivity (Wildman–Crippen MR) is 67.4 cm³/mol. The first kappa shape index (κ1) is 14.4. The van der Waals surface area contributed by atoms with Gasteiger partial charge < -0.3 is 10.5 Å². The van der Waals surface area contributed by atoms with Crippen LogP contribution >= 0.6 is 0 Å². The Morgan fingerprint density at radius 3 is 2.53 bits per heavy atom. The van der Waals surface area contributed by atoms with Crippen LogP contribution in [0.5, 0.6) is 0 Å². The molecule has 1 aromatic rings. The first-order chi connectivity index (χ1) is 8.86. The fourth-order valence-corrected chi connectivity index (χ4v) is 1.49. The van der Waals surface area contributed by atoms with Crippen molar-refractivity contribution in [3.63, 3.8) is 0 Å². The van der Waals surface area contributed by atoms with Crippen molar-refractivity contribution in [2.45, 2.75) is 6.92 Å². The topological polar surface area (TPSA) is 113 Å². The fourth-order valence-electron chi connectivity index (χ4n) is 1.49. The molecule has 0 radical (unpaired) electrons. The summed E-state index contributed by atoms with van der Waals surface area (Å²) >= 11 is 0. The molecule has 0 spiro atoms. The Bertz CT molecular complexity index is 578. The molecular weight excluding hydrogens is 252 g/mol. The summed E-state index contributed by atoms with van der Waals surface area (Å²) in [5, 5.41) is 10.8. The van der Waals surface area contributed by atoms with Crippen LogP contribution in [0.25, 0.3) is 6.08 Å². The molecule has 0 fully saturated rings. The molecule has 0 bridgehead atoms. The number of nitrogens with zero attached hydrogens (tertiary/aromatic N) is 1. The Morgan fingerprint density at radius 1 is 1.42 bits per heavy atom. The number of esters is 1. The molecular formula is C12H12N2O5. The van der Waals surface area contributed by atoms with Gasteiger partial charge in [0.2, 0.25) is 5.91 Å². The average molecular weight is 264 g/mol. The molecule has 0 heterocycles. The van der Waals surface area contributed by atoms with E-state index in [1.165, 1.54) is 19.3 Å². The maximum atomic E-state index is 11.5. The Balaban J connectivity index is 3.45. The van der Waals surface area contributed by atoms with Crippen LogP contribution in [0.1, 0.15) is 21.5 Å². The van der Waals surface area contributed by atoms with Crippen LogP contribution in [-0.2, 0) is 9.53 Å². The summed E-state index contributed by atoms with van der Waals surface area (Å²) in [6.45, 7) is 1.59. The monoisotopic (exact) mass is 264 g/mol. The lowest BCUT2D eigenvalue weighted by molar-refractivity contribution is -0.384. The molecule has 1 rings (SSSR count). The molecule has 19 heavy (non-hydrogen) atoms. The van der Waals surface area contributed by atoms with Crippen molar-refractivity contribution < 1.29 is 19.2 Å². The Morgan fingerprint density at radius 2 is 2.05 bits per heavy atom. The molecule has 1 aromatic carbocycles. The molecule has 7 heteroatoms. The van der Waals surface area contributed by atoms with Crippen molar-refractivity contribution in [1.82, 2.24) is 0 Å². The summed E-state index contributed by atoms with van der Waals surface area (Å²) in [6, 6.07) is 2.38. The van der Waals surface area contributed by atoms with E-state index < -0.39 is 16.8 Å². The van der Waals surface area contributed by atoms with E-state index in [-0.39, 0.29) is 11.3 Å². The lowest BCUT2D eigenvalue weighted by Gasteiger charge is -2.07. The van der Waals surface area contributed by atoms with Gasteiger partial charge in [0.25, 0.3) is 5.69 Å². The highest BCUT2D eigenvalue weighted by molar-refractivity contribution is 5.95. The van der Waals surface area contributed by atoms with Gasteiger partial charge >= 0.3 is 5.97 Å². The number of carbonyl (C=O) groups is 2. The molecule has 0 aliphatic rings. The lowest BCUT2D eigenvalue weighted by atomic mass is 10.0. The van der Waals surface area contributed by atoms with Gasteiger partial charge in [0, 0.05) is 18.2 Å². The van der Waals surface area contributed by atoms with Gasteiger partial charge in [-0.15, -0.1) is 0 Å². The van der Waals surface area contributed by atoms with Crippen molar-refractivity contribution in [3.05, 3.63) is 45.0 Å². The zero-order valence-corrected chi connectivity index (χ0v) is 10.4. The number of ether oxygens (including phenoxy) is 1. The third-order valence-electron chi connectivity index (χ3n) is 2.48. The Labute approximate surface area is 108 Å². The number of nitrogens with two attached hydrogens (primary N) is 1. The molecule has 2 N–H and O–H groups in total. The van der Waals surface area contributed by atoms with Crippen molar-refractivity contribution in [2.75, 3.05) is 7.11 Å². The first-order valence-electron chi connectivity index (χ1n) is 5.21. The third-order valence-corrected chi connectivity index (χ3v) is 2.48. The molecule has 0 atom stereocenters. The van der Waals surface area contributed by atoms with E-state index in [0.717, 1.165) is 12.1 Å². The van der Waals surface area contributed by atoms with Crippen LogP contribution in [0.3, 0.4) is 0 Å². The summed E-state index contributed by atoms with van der Waals surface area (Å²) in [5.41, 5.74) is 5.59. The van der Waals surface area contributed by atoms with Gasteiger partial charge in [0.05, 0.1) is 17.6 Å². The van der Waals surface area contributed by atoms with E-state index in [9.17, 15) is 19.7 Å². The second-order valence-electron chi connectivity index (χ2n) is 3.69. The SMILES string of the molecule is COC(=O)c1cc([N+](=O)[O-])cc(C=CC(N)=O)c1C. The molecule has 1 amide bonds. The van der Waals surface area contributed by atoms with Crippen LogP contribution in [0.15, 0.2) is 18.2 Å². The molecule has 0 unspecified atom stereocenters. The smallest absolute Gasteiger partial charge is 0.338 e. The molecule has 0 aliphatic heterocycles. The van der Waals surface area contributed by atoms with E-state index in [1.807, 2.05) is 0 Å². The number of rotatable bonds is 4. The number of carbonyl (C=O) groups excluding carboxylic acids is 2. The van der Waals surface area contributed by atoms with Gasteiger partial charge in [-0.1, -0.05) is 0 Å². The number of nitro benzene ring substituents is 1. The van der Waals surface area contributed by atoms with Gasteiger partial charge in [-0.3, -0.25) is 14.9 Å². The fraction of sp³-hybridized carbons (Fsp3) is 0.167. The van der Waals surface area contributed by atoms with E-state index in [2.05, 4.69) is 4.74 Å². The summed E-state index contributed by atoms with van der Waals surface area (Å²) in [6.07, 6.45) is 2.38. The second kappa shape index (κ2) is 5.76. The number of nitro groups is 1. The minimum absolute atomic E-state index is 0.0702. The summed E-state index contributed by atoms with van der Waals surface area (Å²) in [7, 11) is 1.18. The Hall–Kier alpha value is -2.70. The largest absolute Gasteiger partial charge is 0.465 e. The minimum atomic E-state index is -0.689. The summed E-state index contributed by atoms with van der Waals surface area (Å²) in [5.74, 6) is -1.37. The van der Waals surface area contributed by atoms with Crippen molar-refractivity contribution in [2.24, 2.45) is 5.73 Å². The van der Waals surface area contributed by atoms with E-state index in [1.54, 1.807) is 6.92 Å². The standard InChI is InChI=1S/C12H12N2O5/c1-7-8(3-4-11(13)15)5-9(14(17)18)6-10(7)12(16)19-2/h3-6H,1-2H3,(H2,13,15). The second-order valence-corrected chi connectivity index (χ2v) is 3.69. The van der Waals surface area contributed by atoms with Crippen LogP contribution in [0.4, 0.5) is 5.69 Å². The van der Waals surface area contributed by atoms with Gasteiger partial charge in [-0.05, 0) is 24.1 Å². The minimum Gasteiger partial charge on any atom is -0.465 e. The molecule has 7 nitrogen and oxygen atoms in total. The van der Waals surface area contributed by atoms with Gasteiger partial charge in [-0.2, -0.15) is 0 Å². The highest BCUT2D eigenvalue weighted by Gasteiger charge is 2.18.